The number of nitrogens with two attached hydrogens (primary N) is 1. The van der Waals surface area contributed by atoms with Crippen LogP contribution in [0, 0.1) is 29.1 Å². The summed E-state index contributed by atoms with van der Waals surface area (Å²) in [5.74, 6) is 3.02. The minimum absolute atomic E-state index is 0.0849. The topological polar surface area (TPSA) is 53.3 Å². The Hall–Kier alpha value is 0.620. The summed E-state index contributed by atoms with van der Waals surface area (Å²) < 4.78 is 2.66. The summed E-state index contributed by atoms with van der Waals surface area (Å²) >= 11 is 2.04. The molecular formula is C23H45N4PS. The van der Waals surface area contributed by atoms with Crippen LogP contribution in [-0.4, -0.2) is 33.7 Å². The molecule has 4 nitrogen and oxygen atoms in total. The second-order valence-electron chi connectivity index (χ2n) is 11.3. The molecule has 0 aromatic heterocycles. The Morgan fingerprint density at radius 3 is 2.34 bits per heavy atom. The van der Waals surface area contributed by atoms with E-state index in [-0.39, 0.29) is 10.2 Å². The van der Waals surface area contributed by atoms with Crippen molar-refractivity contribution < 1.29 is 0 Å². The smallest absolute Gasteiger partial charge is 0.104 e. The van der Waals surface area contributed by atoms with Gasteiger partial charge in [0.1, 0.15) is 5.50 Å². The molecule has 6 heteroatoms. The first-order valence-corrected chi connectivity index (χ1v) is 13.6. The average Bonchev–Trinajstić information content (AvgIpc) is 3.22. The van der Waals surface area contributed by atoms with Gasteiger partial charge in [-0.2, -0.15) is 0 Å². The van der Waals surface area contributed by atoms with Crippen molar-refractivity contribution in [2.45, 2.75) is 108 Å². The van der Waals surface area contributed by atoms with Gasteiger partial charge in [0.2, 0.25) is 0 Å². The third kappa shape index (κ3) is 4.31. The van der Waals surface area contributed by atoms with Gasteiger partial charge in [0.05, 0.1) is 0 Å². The summed E-state index contributed by atoms with van der Waals surface area (Å²) in [5, 5.41) is 3.87. The highest BCUT2D eigenvalue weighted by atomic mass is 32.2. The number of nitrogens with zero attached hydrogens (tertiary/aromatic N) is 1. The molecule has 29 heavy (non-hydrogen) atoms. The number of hydrazine groups is 1. The fraction of sp³-hybridized carbons (Fsp3) is 1.00. The van der Waals surface area contributed by atoms with Gasteiger partial charge in [-0.3, -0.25) is 10.7 Å². The van der Waals surface area contributed by atoms with Crippen LogP contribution < -0.4 is 16.5 Å². The molecule has 2 heterocycles. The average molecular weight is 441 g/mol. The van der Waals surface area contributed by atoms with Crippen LogP contribution in [0.2, 0.25) is 0 Å². The van der Waals surface area contributed by atoms with Crippen molar-refractivity contribution in [3.8, 4) is 0 Å². The third-order valence-electron chi connectivity index (χ3n) is 9.50. The lowest BCUT2D eigenvalue weighted by molar-refractivity contribution is 0.0681. The number of nitrogens with one attached hydrogen (secondary N) is 2. The summed E-state index contributed by atoms with van der Waals surface area (Å²) in [6, 6.07) is 1.11. The van der Waals surface area contributed by atoms with E-state index in [1.807, 2.05) is 11.8 Å². The molecule has 6 unspecified atom stereocenters. The van der Waals surface area contributed by atoms with Gasteiger partial charge in [0, 0.05) is 29.3 Å². The summed E-state index contributed by atoms with van der Waals surface area (Å²) in [6.07, 6.45) is 12.5. The zero-order valence-corrected chi connectivity index (χ0v) is 21.1. The first-order chi connectivity index (χ1) is 13.7. The van der Waals surface area contributed by atoms with E-state index < -0.39 is 0 Å². The zero-order chi connectivity index (χ0) is 20.8. The molecule has 4 aliphatic rings. The van der Waals surface area contributed by atoms with Gasteiger partial charge in [-0.15, -0.1) is 11.8 Å². The van der Waals surface area contributed by atoms with Crippen molar-refractivity contribution in [3.63, 3.8) is 0 Å². The van der Waals surface area contributed by atoms with Crippen LogP contribution in [0.25, 0.3) is 0 Å². The number of hydrogen-bond acceptors (Lipinski definition) is 5. The molecule has 0 amide bonds. The van der Waals surface area contributed by atoms with E-state index in [1.165, 1.54) is 57.8 Å². The number of thioether (sulfide) groups is 1. The molecule has 0 spiro atoms. The van der Waals surface area contributed by atoms with Gasteiger partial charge < -0.3 is 5.73 Å². The van der Waals surface area contributed by atoms with E-state index in [1.54, 1.807) is 0 Å². The van der Waals surface area contributed by atoms with Crippen LogP contribution in [-0.2, 0) is 0 Å². The first kappa shape index (κ1) is 22.8. The van der Waals surface area contributed by atoms with Crippen molar-refractivity contribution in [3.05, 3.63) is 0 Å². The number of hydrogen-bond donors (Lipinski definition) is 3. The molecule has 0 radical (unpaired) electrons. The SMILES string of the molecule is CC(C)C1(C)CCC(C2C(C3NC(N)SC3(C)C3CCCCC3)CNN2P)CC1. The van der Waals surface area contributed by atoms with E-state index >= 15 is 0 Å². The Morgan fingerprint density at radius 1 is 1.07 bits per heavy atom. The maximum atomic E-state index is 6.52. The van der Waals surface area contributed by atoms with Gasteiger partial charge in [0.15, 0.2) is 0 Å². The highest BCUT2D eigenvalue weighted by Crippen LogP contribution is 2.53. The van der Waals surface area contributed by atoms with Crippen LogP contribution in [0.3, 0.4) is 0 Å². The van der Waals surface area contributed by atoms with Gasteiger partial charge in [-0.25, -0.2) is 4.78 Å². The molecule has 4 N–H and O–H groups in total. The highest BCUT2D eigenvalue weighted by Gasteiger charge is 2.55. The molecule has 0 bridgehead atoms. The van der Waals surface area contributed by atoms with Crippen molar-refractivity contribution in [2.24, 2.45) is 34.8 Å². The Kier molecular flexibility index (Phi) is 6.97. The Balaban J connectivity index is 1.52. The summed E-state index contributed by atoms with van der Waals surface area (Å²) in [6.45, 7) is 11.0. The van der Waals surface area contributed by atoms with Crippen molar-refractivity contribution in [1.82, 2.24) is 15.5 Å². The van der Waals surface area contributed by atoms with E-state index in [0.717, 1.165) is 24.3 Å². The minimum atomic E-state index is 0.0849. The summed E-state index contributed by atoms with van der Waals surface area (Å²) in [7, 11) is 3.00. The van der Waals surface area contributed by atoms with Gasteiger partial charge in [-0.1, -0.05) is 40.0 Å². The molecule has 2 saturated carbocycles. The third-order valence-corrected chi connectivity index (χ3v) is 11.5. The summed E-state index contributed by atoms with van der Waals surface area (Å²) in [4.78, 5) is 0. The molecule has 4 fully saturated rings. The Labute approximate surface area is 185 Å². The fourth-order valence-electron chi connectivity index (χ4n) is 7.05. The van der Waals surface area contributed by atoms with Crippen molar-refractivity contribution in [1.29, 1.82) is 0 Å². The molecule has 6 atom stereocenters. The van der Waals surface area contributed by atoms with E-state index in [0.29, 0.717) is 23.4 Å². The van der Waals surface area contributed by atoms with E-state index in [9.17, 15) is 0 Å². The molecule has 2 saturated heterocycles. The fourth-order valence-corrected chi connectivity index (χ4v) is 9.20. The molecule has 168 valence electrons. The normalized spacial score (nSPS) is 47.9. The Morgan fingerprint density at radius 2 is 1.72 bits per heavy atom. The highest BCUT2D eigenvalue weighted by molar-refractivity contribution is 8.01. The maximum Gasteiger partial charge on any atom is 0.104 e. The molecule has 2 aliphatic heterocycles. The van der Waals surface area contributed by atoms with Gasteiger partial charge in [-0.05, 0) is 78.0 Å². The lowest BCUT2D eigenvalue weighted by atomic mass is 9.63. The van der Waals surface area contributed by atoms with Crippen molar-refractivity contribution in [2.75, 3.05) is 6.54 Å². The van der Waals surface area contributed by atoms with Crippen molar-refractivity contribution >= 4 is 21.2 Å². The quantitative estimate of drug-likeness (QED) is 0.552. The molecule has 2 aliphatic carbocycles. The minimum Gasteiger partial charge on any atom is -0.307 e. The summed E-state index contributed by atoms with van der Waals surface area (Å²) in [5.41, 5.74) is 10.8. The second kappa shape index (κ2) is 8.87. The predicted molar refractivity (Wildman–Crippen MR) is 129 cm³/mol. The van der Waals surface area contributed by atoms with Crippen LogP contribution in [0.4, 0.5) is 0 Å². The van der Waals surface area contributed by atoms with Crippen LogP contribution >= 0.6 is 21.2 Å². The van der Waals surface area contributed by atoms with E-state index in [2.05, 4.69) is 52.6 Å². The van der Waals surface area contributed by atoms with E-state index in [4.69, 9.17) is 5.73 Å². The van der Waals surface area contributed by atoms with Crippen LogP contribution in [0.1, 0.15) is 85.5 Å². The maximum absolute atomic E-state index is 6.52. The predicted octanol–water partition coefficient (Wildman–Crippen LogP) is 4.72. The lowest BCUT2D eigenvalue weighted by Crippen LogP contribution is -2.55. The Bertz CT molecular complexity index is 561. The largest absolute Gasteiger partial charge is 0.307 e. The molecule has 0 aromatic rings. The monoisotopic (exact) mass is 440 g/mol. The second-order valence-corrected chi connectivity index (χ2v) is 13.5. The first-order valence-electron chi connectivity index (χ1n) is 12.2. The molecular weight excluding hydrogens is 395 g/mol. The lowest BCUT2D eigenvalue weighted by Gasteiger charge is -2.47. The van der Waals surface area contributed by atoms with Gasteiger partial charge in [0.25, 0.3) is 0 Å². The number of rotatable bonds is 4. The van der Waals surface area contributed by atoms with Gasteiger partial charge >= 0.3 is 0 Å². The molecule has 0 aromatic carbocycles. The van der Waals surface area contributed by atoms with Crippen LogP contribution in [0.15, 0.2) is 0 Å². The van der Waals surface area contributed by atoms with Crippen LogP contribution in [0.5, 0.6) is 0 Å². The molecule has 4 rings (SSSR count). The zero-order valence-electron chi connectivity index (χ0n) is 19.1. The standard InChI is InChI=1S/C23H45N4PS/c1-15(2)22(3)12-10-16(11-13-22)19-18(14-25-27(19)28)20-23(4,29-21(24)26-20)17-8-6-5-7-9-17/h15-21,25-26H,5-14,24,28H2,1-4H3.